The van der Waals surface area contributed by atoms with E-state index in [-0.39, 0.29) is 24.9 Å². The van der Waals surface area contributed by atoms with Gasteiger partial charge in [-0.1, -0.05) is 39.0 Å². The minimum Gasteiger partial charge on any atom is -0.390 e. The summed E-state index contributed by atoms with van der Waals surface area (Å²) in [7, 11) is 0. The fraction of sp³-hybridized carbons (Fsp3) is 0.500. The average Bonchev–Trinajstić information content (AvgIpc) is 2.69. The van der Waals surface area contributed by atoms with Crippen molar-refractivity contribution in [3.05, 3.63) is 70.3 Å². The Bertz CT molecular complexity index is 927. The van der Waals surface area contributed by atoms with Crippen molar-refractivity contribution in [2.75, 3.05) is 6.54 Å². The molecule has 1 aliphatic carbocycles. The zero-order valence-electron chi connectivity index (χ0n) is 19.3. The second kappa shape index (κ2) is 10.5. The van der Waals surface area contributed by atoms with Crippen LogP contribution >= 0.6 is 0 Å². The Balaban J connectivity index is 1.73. The van der Waals surface area contributed by atoms with Gasteiger partial charge in [0, 0.05) is 25.6 Å². The molecule has 2 aromatic rings. The number of benzene rings is 2. The van der Waals surface area contributed by atoms with Gasteiger partial charge in [0.1, 0.15) is 11.6 Å². The second-order valence-corrected chi connectivity index (χ2v) is 9.47. The van der Waals surface area contributed by atoms with Crippen LogP contribution in [0.5, 0.6) is 0 Å². The Hall–Kier alpha value is -2.31. The van der Waals surface area contributed by atoms with Crippen LogP contribution in [0.1, 0.15) is 68.3 Å². The van der Waals surface area contributed by atoms with Gasteiger partial charge in [-0.25, -0.2) is 8.78 Å². The average molecular weight is 445 g/mol. The molecule has 2 aromatic carbocycles. The first-order valence-electron chi connectivity index (χ1n) is 11.4. The number of nitrogens with one attached hydrogen (secondary N) is 2. The molecule has 174 valence electrons. The van der Waals surface area contributed by atoms with E-state index < -0.39 is 23.8 Å². The molecule has 0 aromatic heterocycles. The van der Waals surface area contributed by atoms with Crippen LogP contribution in [-0.2, 0) is 17.6 Å². The molecule has 0 aliphatic heterocycles. The van der Waals surface area contributed by atoms with Crippen LogP contribution in [0.2, 0.25) is 0 Å². The van der Waals surface area contributed by atoms with E-state index in [9.17, 15) is 18.7 Å². The second-order valence-electron chi connectivity index (χ2n) is 9.47. The van der Waals surface area contributed by atoms with Crippen LogP contribution in [0.15, 0.2) is 36.4 Å². The van der Waals surface area contributed by atoms with Crippen molar-refractivity contribution in [2.45, 2.75) is 71.1 Å². The molecular weight excluding hydrogens is 410 g/mol. The zero-order chi connectivity index (χ0) is 23.4. The molecule has 0 bridgehead atoms. The van der Waals surface area contributed by atoms with E-state index >= 15 is 0 Å². The number of carbonyl (C=O) groups is 1. The van der Waals surface area contributed by atoms with E-state index in [1.807, 2.05) is 0 Å². The lowest BCUT2D eigenvalue weighted by atomic mass is 9.80. The summed E-state index contributed by atoms with van der Waals surface area (Å²) in [5.41, 5.74) is 4.27. The predicted molar refractivity (Wildman–Crippen MR) is 122 cm³/mol. The molecule has 0 spiro atoms. The van der Waals surface area contributed by atoms with Gasteiger partial charge in [-0.2, -0.15) is 0 Å². The van der Waals surface area contributed by atoms with Gasteiger partial charge in [-0.3, -0.25) is 4.79 Å². The highest BCUT2D eigenvalue weighted by Crippen LogP contribution is 2.35. The normalized spacial score (nSPS) is 20.0. The number of halogens is 2. The van der Waals surface area contributed by atoms with Crippen LogP contribution in [-0.4, -0.2) is 29.7 Å². The van der Waals surface area contributed by atoms with Gasteiger partial charge in [0.15, 0.2) is 0 Å². The number of aliphatic hydroxyl groups excluding tert-OH is 1. The van der Waals surface area contributed by atoms with Crippen molar-refractivity contribution in [1.29, 1.82) is 0 Å². The Kier molecular flexibility index (Phi) is 8.01. The molecule has 0 heterocycles. The summed E-state index contributed by atoms with van der Waals surface area (Å²) >= 11 is 0. The van der Waals surface area contributed by atoms with Gasteiger partial charge in [0.05, 0.1) is 12.1 Å². The molecular formula is C26H34F2N2O2. The Morgan fingerprint density at radius 1 is 1.16 bits per heavy atom. The third-order valence-electron chi connectivity index (χ3n) is 6.22. The number of hydrogen-bond donors (Lipinski definition) is 3. The minimum atomic E-state index is -0.917. The first-order valence-corrected chi connectivity index (χ1v) is 11.4. The molecule has 0 saturated heterocycles. The van der Waals surface area contributed by atoms with Crippen LogP contribution in [0.25, 0.3) is 0 Å². The topological polar surface area (TPSA) is 61.4 Å². The largest absolute Gasteiger partial charge is 0.390 e. The molecule has 3 rings (SSSR count). The molecule has 32 heavy (non-hydrogen) atoms. The number of aliphatic hydroxyl groups is 1. The van der Waals surface area contributed by atoms with Crippen molar-refractivity contribution < 1.29 is 18.7 Å². The first kappa shape index (κ1) is 24.3. The molecule has 0 radical (unpaired) electrons. The van der Waals surface area contributed by atoms with E-state index in [4.69, 9.17) is 0 Å². The zero-order valence-corrected chi connectivity index (χ0v) is 19.3. The van der Waals surface area contributed by atoms with Crippen LogP contribution in [0.3, 0.4) is 0 Å². The van der Waals surface area contributed by atoms with Crippen LogP contribution in [0, 0.1) is 17.6 Å². The van der Waals surface area contributed by atoms with E-state index in [0.29, 0.717) is 17.4 Å². The minimum absolute atomic E-state index is 0.103. The summed E-state index contributed by atoms with van der Waals surface area (Å²) in [6.45, 7) is 8.19. The summed E-state index contributed by atoms with van der Waals surface area (Å²) in [6.07, 6.45) is 1.21. The van der Waals surface area contributed by atoms with Crippen molar-refractivity contribution in [2.24, 2.45) is 5.92 Å². The summed E-state index contributed by atoms with van der Waals surface area (Å²) in [5.74, 6) is -0.708. The molecule has 6 heteroatoms. The van der Waals surface area contributed by atoms with Crippen molar-refractivity contribution in [1.82, 2.24) is 10.6 Å². The number of hydrogen-bond acceptors (Lipinski definition) is 3. The number of rotatable bonds is 8. The highest BCUT2D eigenvalue weighted by Gasteiger charge is 2.27. The third-order valence-corrected chi connectivity index (χ3v) is 6.22. The lowest BCUT2D eigenvalue weighted by Crippen LogP contribution is -2.49. The smallest absolute Gasteiger partial charge is 0.217 e. The summed E-state index contributed by atoms with van der Waals surface area (Å²) in [6, 6.07) is 9.37. The van der Waals surface area contributed by atoms with Gasteiger partial charge < -0.3 is 15.7 Å². The highest BCUT2D eigenvalue weighted by atomic mass is 19.1. The van der Waals surface area contributed by atoms with E-state index in [1.165, 1.54) is 35.7 Å². The summed E-state index contributed by atoms with van der Waals surface area (Å²) in [4.78, 5) is 11.7. The number of carbonyl (C=O) groups excluding carboxylic acids is 1. The Morgan fingerprint density at radius 3 is 2.47 bits per heavy atom. The summed E-state index contributed by atoms with van der Waals surface area (Å²) in [5, 5.41) is 17.1. The van der Waals surface area contributed by atoms with Gasteiger partial charge >= 0.3 is 0 Å². The molecule has 0 saturated carbocycles. The fourth-order valence-electron chi connectivity index (χ4n) is 4.60. The standard InChI is InChI=1S/C26H34F2N2O2/c1-15(2)19-5-6-20-7-16(3)8-24(23(20)12-19)29-14-26(32)25(30-17(4)31)11-18-9-21(27)13-22(28)10-18/h5-6,9-10,12-13,15-16,24-26,29,32H,7-8,11,14H2,1-4H3,(H,30,31). The monoisotopic (exact) mass is 444 g/mol. The maximum absolute atomic E-state index is 13.6. The quantitative estimate of drug-likeness (QED) is 0.565. The molecule has 0 fully saturated rings. The maximum atomic E-state index is 13.6. The Labute approximate surface area is 189 Å². The Morgan fingerprint density at radius 2 is 1.84 bits per heavy atom. The SMILES string of the molecule is CC(=O)NC(Cc1cc(F)cc(F)c1)C(O)CNC1CC(C)Cc2ccc(C(C)C)cc21. The van der Waals surface area contributed by atoms with Crippen molar-refractivity contribution >= 4 is 5.91 Å². The molecule has 4 atom stereocenters. The van der Waals surface area contributed by atoms with E-state index in [0.717, 1.165) is 18.9 Å². The van der Waals surface area contributed by atoms with Gasteiger partial charge in [-0.15, -0.1) is 0 Å². The van der Waals surface area contributed by atoms with Gasteiger partial charge in [-0.05, 0) is 65.5 Å². The summed E-state index contributed by atoms with van der Waals surface area (Å²) < 4.78 is 27.2. The fourth-order valence-corrected chi connectivity index (χ4v) is 4.60. The molecule has 4 unspecified atom stereocenters. The van der Waals surface area contributed by atoms with Crippen LogP contribution < -0.4 is 10.6 Å². The molecule has 1 amide bonds. The predicted octanol–water partition coefficient (Wildman–Crippen LogP) is 4.41. The van der Waals surface area contributed by atoms with Crippen molar-refractivity contribution in [3.63, 3.8) is 0 Å². The molecule has 1 aliphatic rings. The lowest BCUT2D eigenvalue weighted by Gasteiger charge is -2.33. The van der Waals surface area contributed by atoms with Gasteiger partial charge in [0.2, 0.25) is 5.91 Å². The highest BCUT2D eigenvalue weighted by molar-refractivity contribution is 5.73. The molecule has 4 nitrogen and oxygen atoms in total. The third kappa shape index (κ3) is 6.36. The number of fused-ring (bicyclic) bond motifs is 1. The number of amides is 1. The van der Waals surface area contributed by atoms with E-state index in [2.05, 4.69) is 49.6 Å². The van der Waals surface area contributed by atoms with Crippen molar-refractivity contribution in [3.8, 4) is 0 Å². The van der Waals surface area contributed by atoms with Crippen LogP contribution in [0.4, 0.5) is 8.78 Å². The van der Waals surface area contributed by atoms with Gasteiger partial charge in [0.25, 0.3) is 0 Å². The van der Waals surface area contributed by atoms with E-state index in [1.54, 1.807) is 0 Å². The molecule has 3 N–H and O–H groups in total. The lowest BCUT2D eigenvalue weighted by molar-refractivity contribution is -0.120. The first-order chi connectivity index (χ1) is 15.1. The maximum Gasteiger partial charge on any atom is 0.217 e.